The average molecular weight is 403 g/mol. The van der Waals surface area contributed by atoms with Crippen molar-refractivity contribution in [3.63, 3.8) is 0 Å². The maximum atomic E-state index is 13.1. The highest BCUT2D eigenvalue weighted by Gasteiger charge is 2.49. The van der Waals surface area contributed by atoms with Crippen molar-refractivity contribution in [2.75, 3.05) is 19.7 Å². The highest BCUT2D eigenvalue weighted by atomic mass is 16.3. The van der Waals surface area contributed by atoms with Crippen molar-refractivity contribution in [3.05, 3.63) is 29.1 Å². The fraction of sp³-hybridized carbons (Fsp3) is 0.619. The predicted molar refractivity (Wildman–Crippen MR) is 105 cm³/mol. The second-order valence-electron chi connectivity index (χ2n) is 8.22. The summed E-state index contributed by atoms with van der Waals surface area (Å²) in [5.41, 5.74) is 2.39. The molecule has 2 amide bonds. The lowest BCUT2D eigenvalue weighted by Gasteiger charge is -2.56. The first-order valence-electron chi connectivity index (χ1n) is 10.1. The monoisotopic (exact) mass is 403 g/mol. The van der Waals surface area contributed by atoms with Crippen LogP contribution < -0.4 is 0 Å². The van der Waals surface area contributed by atoms with Crippen LogP contribution in [0.25, 0.3) is 0 Å². The van der Waals surface area contributed by atoms with Crippen molar-refractivity contribution < 1.29 is 24.6 Å². The molecule has 0 spiro atoms. The smallest absolute Gasteiger partial charge is 0.290 e. The molecule has 8 heteroatoms. The number of aromatic nitrogens is 1. The first-order chi connectivity index (χ1) is 13.9. The second kappa shape index (κ2) is 8.90. The van der Waals surface area contributed by atoms with Crippen LogP contribution in [0.3, 0.4) is 0 Å². The van der Waals surface area contributed by atoms with Crippen LogP contribution in [-0.4, -0.2) is 75.1 Å². The molecule has 158 valence electrons. The Hall–Kier alpha value is -2.48. The number of nitrogens with zero attached hydrogens (tertiary/aromatic N) is 3. The minimum absolute atomic E-state index is 0.0187. The number of aliphatic hydroxyl groups is 1. The average Bonchev–Trinajstić information content (AvgIpc) is 2.68. The van der Waals surface area contributed by atoms with Crippen LogP contribution in [0.2, 0.25) is 0 Å². The van der Waals surface area contributed by atoms with Crippen LogP contribution in [0, 0.1) is 25.7 Å². The van der Waals surface area contributed by atoms with Gasteiger partial charge in [0.05, 0.1) is 12.6 Å². The zero-order chi connectivity index (χ0) is 21.1. The fourth-order valence-corrected chi connectivity index (χ4v) is 5.32. The fourth-order valence-electron chi connectivity index (χ4n) is 5.32. The molecule has 0 aromatic carbocycles. The molecule has 1 aromatic rings. The molecular formula is C21H29N3O5. The molecule has 3 aliphatic heterocycles. The lowest BCUT2D eigenvalue weighted by Crippen LogP contribution is -2.66. The van der Waals surface area contributed by atoms with Gasteiger partial charge in [0, 0.05) is 42.5 Å². The number of pyridine rings is 1. The minimum atomic E-state index is -0.250. The molecule has 4 rings (SSSR count). The van der Waals surface area contributed by atoms with Gasteiger partial charge in [0.15, 0.2) is 0 Å². The summed E-state index contributed by atoms with van der Waals surface area (Å²) in [6.45, 7) is 4.85. The highest BCUT2D eigenvalue weighted by molar-refractivity contribution is 5.94. The Morgan fingerprint density at radius 1 is 1.24 bits per heavy atom. The molecule has 8 nitrogen and oxygen atoms in total. The Bertz CT molecular complexity index is 749. The van der Waals surface area contributed by atoms with E-state index < -0.39 is 0 Å². The van der Waals surface area contributed by atoms with Crippen LogP contribution in [-0.2, 0) is 9.59 Å². The summed E-state index contributed by atoms with van der Waals surface area (Å²) in [5, 5.41) is 16.9. The lowest BCUT2D eigenvalue weighted by molar-refractivity contribution is -0.154. The molecule has 3 aliphatic rings. The van der Waals surface area contributed by atoms with E-state index in [2.05, 4.69) is 4.98 Å². The number of aliphatic hydroxyl groups excluding tert-OH is 1. The number of carboxylic acid groups (broad SMARTS) is 1. The molecule has 3 saturated heterocycles. The van der Waals surface area contributed by atoms with Crippen LogP contribution in [0.15, 0.2) is 12.1 Å². The zero-order valence-electron chi connectivity index (χ0n) is 17.0. The van der Waals surface area contributed by atoms with Crippen molar-refractivity contribution >= 4 is 18.3 Å². The summed E-state index contributed by atoms with van der Waals surface area (Å²) >= 11 is 0. The number of amides is 2. The van der Waals surface area contributed by atoms with E-state index in [0.29, 0.717) is 31.0 Å². The Kier molecular flexibility index (Phi) is 6.52. The highest BCUT2D eigenvalue weighted by Crippen LogP contribution is 2.41. The largest absolute Gasteiger partial charge is 0.483 e. The summed E-state index contributed by atoms with van der Waals surface area (Å²) in [7, 11) is 0. The van der Waals surface area contributed by atoms with Gasteiger partial charge in [0.1, 0.15) is 0 Å². The summed E-state index contributed by atoms with van der Waals surface area (Å²) in [6, 6.07) is 3.71. The number of fused-ring (bicyclic) bond motifs is 4. The van der Waals surface area contributed by atoms with Crippen LogP contribution in [0.4, 0.5) is 0 Å². The van der Waals surface area contributed by atoms with Crippen LogP contribution in [0.5, 0.6) is 0 Å². The van der Waals surface area contributed by atoms with E-state index in [-0.39, 0.29) is 42.9 Å². The van der Waals surface area contributed by atoms with Gasteiger partial charge >= 0.3 is 0 Å². The van der Waals surface area contributed by atoms with Crippen molar-refractivity contribution in [2.24, 2.45) is 11.8 Å². The number of piperidine rings is 3. The molecule has 0 unspecified atom stereocenters. The van der Waals surface area contributed by atoms with E-state index in [4.69, 9.17) is 9.90 Å². The van der Waals surface area contributed by atoms with Crippen molar-refractivity contribution in [1.82, 2.24) is 14.8 Å². The molecule has 4 heterocycles. The van der Waals surface area contributed by atoms with E-state index in [1.807, 2.05) is 35.8 Å². The van der Waals surface area contributed by atoms with Crippen molar-refractivity contribution in [2.45, 2.75) is 51.6 Å². The van der Waals surface area contributed by atoms with Gasteiger partial charge in [-0.2, -0.15) is 0 Å². The Morgan fingerprint density at radius 3 is 2.48 bits per heavy atom. The van der Waals surface area contributed by atoms with E-state index in [1.54, 1.807) is 0 Å². The molecule has 2 bridgehead atoms. The van der Waals surface area contributed by atoms with Gasteiger partial charge in [-0.25, -0.2) is 0 Å². The van der Waals surface area contributed by atoms with Gasteiger partial charge in [-0.05, 0) is 57.1 Å². The number of rotatable bonds is 2. The topological polar surface area (TPSA) is 111 Å². The Labute approximate surface area is 170 Å². The van der Waals surface area contributed by atoms with Gasteiger partial charge < -0.3 is 20.0 Å². The predicted octanol–water partition coefficient (Wildman–Crippen LogP) is 1.23. The van der Waals surface area contributed by atoms with Crippen LogP contribution >= 0.6 is 0 Å². The Morgan fingerprint density at radius 2 is 1.86 bits per heavy atom. The van der Waals surface area contributed by atoms with Gasteiger partial charge in [0.2, 0.25) is 5.91 Å². The maximum absolute atomic E-state index is 13.1. The zero-order valence-corrected chi connectivity index (χ0v) is 17.0. The molecule has 1 aromatic heterocycles. The van der Waals surface area contributed by atoms with Gasteiger partial charge in [-0.1, -0.05) is 0 Å². The number of likely N-dealkylation sites (tertiary alicyclic amines) is 1. The first kappa shape index (κ1) is 21.2. The number of aryl methyl sites for hydroxylation is 2. The minimum Gasteiger partial charge on any atom is -0.483 e. The van der Waals surface area contributed by atoms with Gasteiger partial charge in [0.25, 0.3) is 12.4 Å². The molecule has 2 N–H and O–H groups in total. The third kappa shape index (κ3) is 4.27. The molecule has 4 atom stereocenters. The number of hydrogen-bond donors (Lipinski definition) is 2. The molecule has 3 fully saturated rings. The van der Waals surface area contributed by atoms with Gasteiger partial charge in [-0.3, -0.25) is 19.4 Å². The SMILES string of the molecule is Cc1cc(C(=O)N2C[C@H]3C[C@@H](C2)[C@H](CO)N2C(=O)CCC[C@@H]32)cc(C)n1.O=CO. The number of hydrogen-bond acceptors (Lipinski definition) is 5. The standard InChI is InChI=1S/C20H27N3O3.CH2O2/c1-12-6-14(7-13(2)21-12)20(26)22-9-15-8-16(10-22)18(11-24)23-17(15)4-3-5-19(23)25;2-1-3/h6-7,15-18,24H,3-5,8-11H2,1-2H3;1H,(H,2,3)/t15-,16+,17+,18+;/m1./s1. The molecule has 29 heavy (non-hydrogen) atoms. The third-order valence-corrected chi connectivity index (χ3v) is 6.30. The summed E-state index contributed by atoms with van der Waals surface area (Å²) in [5.74, 6) is 0.689. The first-order valence-corrected chi connectivity index (χ1v) is 10.1. The van der Waals surface area contributed by atoms with Crippen molar-refractivity contribution in [3.8, 4) is 0 Å². The van der Waals surface area contributed by atoms with E-state index >= 15 is 0 Å². The Balaban J connectivity index is 0.000000755. The molecular weight excluding hydrogens is 374 g/mol. The summed E-state index contributed by atoms with van der Waals surface area (Å²) in [4.78, 5) is 42.2. The summed E-state index contributed by atoms with van der Waals surface area (Å²) in [6.07, 6.45) is 3.48. The van der Waals surface area contributed by atoms with E-state index in [9.17, 15) is 14.7 Å². The number of carbonyl (C=O) groups is 3. The quantitative estimate of drug-likeness (QED) is 0.719. The van der Waals surface area contributed by atoms with Gasteiger partial charge in [-0.15, -0.1) is 0 Å². The van der Waals surface area contributed by atoms with E-state index in [1.165, 1.54) is 0 Å². The maximum Gasteiger partial charge on any atom is 0.290 e. The van der Waals surface area contributed by atoms with E-state index in [0.717, 1.165) is 30.7 Å². The lowest BCUT2D eigenvalue weighted by atomic mass is 9.72. The van der Waals surface area contributed by atoms with Crippen LogP contribution in [0.1, 0.15) is 47.4 Å². The summed E-state index contributed by atoms with van der Waals surface area (Å²) < 4.78 is 0. The normalized spacial score (nSPS) is 28.2. The molecule has 0 radical (unpaired) electrons. The molecule has 0 saturated carbocycles. The number of carbonyl (C=O) groups excluding carboxylic acids is 2. The second-order valence-corrected chi connectivity index (χ2v) is 8.22. The van der Waals surface area contributed by atoms with Crippen molar-refractivity contribution in [1.29, 1.82) is 0 Å². The molecule has 0 aliphatic carbocycles. The third-order valence-electron chi connectivity index (χ3n) is 6.30.